The molecule has 0 rings (SSSR count). The molecule has 98 valence electrons. The molecule has 0 aliphatic carbocycles. The van der Waals surface area contributed by atoms with Gasteiger partial charge >= 0.3 is 5.97 Å². The highest BCUT2D eigenvalue weighted by Crippen LogP contribution is 2.31. The van der Waals surface area contributed by atoms with Crippen LogP contribution in [0.4, 0.5) is 13.2 Å². The smallest absolute Gasteiger partial charge is 0.305 e. The minimum Gasteiger partial charge on any atom is -0.469 e. The van der Waals surface area contributed by atoms with E-state index in [9.17, 15) is 22.8 Å². The first kappa shape index (κ1) is 15.7. The number of alkyl halides is 3. The van der Waals surface area contributed by atoms with Crippen molar-refractivity contribution in [3.63, 3.8) is 0 Å². The summed E-state index contributed by atoms with van der Waals surface area (Å²) in [7, 11) is 1.20. The van der Waals surface area contributed by atoms with Crippen molar-refractivity contribution in [3.05, 3.63) is 5.57 Å². The summed E-state index contributed by atoms with van der Waals surface area (Å²) in [5, 5.41) is 0. The van der Waals surface area contributed by atoms with Crippen LogP contribution in [0.3, 0.4) is 0 Å². The molecule has 0 spiro atoms. The molecular weight excluding hydrogens is 237 g/mol. The Kier molecular flexibility index (Phi) is 7.30. The summed E-state index contributed by atoms with van der Waals surface area (Å²) in [6.07, 6.45) is 0.0952. The molecule has 0 saturated heterocycles. The molecule has 0 N–H and O–H groups in total. The van der Waals surface area contributed by atoms with E-state index in [-0.39, 0.29) is 24.8 Å². The fraction of sp³-hybridized carbons (Fsp3) is 0.727. The number of methoxy groups -OCH3 is 1. The van der Waals surface area contributed by atoms with Gasteiger partial charge < -0.3 is 4.74 Å². The SMILES string of the molecule is COC(=O)CCCC(=C=O)C(CF)(CF)CF. The topological polar surface area (TPSA) is 43.4 Å². The average molecular weight is 252 g/mol. The van der Waals surface area contributed by atoms with Gasteiger partial charge in [-0.15, -0.1) is 0 Å². The molecule has 0 bridgehead atoms. The van der Waals surface area contributed by atoms with E-state index in [1.165, 1.54) is 13.1 Å². The molecule has 0 aromatic heterocycles. The number of ether oxygens (including phenoxy) is 1. The Hall–Kier alpha value is -1.29. The Morgan fingerprint density at radius 1 is 1.18 bits per heavy atom. The summed E-state index contributed by atoms with van der Waals surface area (Å²) in [6, 6.07) is 0. The summed E-state index contributed by atoms with van der Waals surface area (Å²) in [6.45, 7) is -3.91. The van der Waals surface area contributed by atoms with Gasteiger partial charge in [-0.25, -0.2) is 18.0 Å². The summed E-state index contributed by atoms with van der Waals surface area (Å²) in [5.41, 5.74) is -2.33. The van der Waals surface area contributed by atoms with E-state index < -0.39 is 31.4 Å². The van der Waals surface area contributed by atoms with Crippen molar-refractivity contribution in [1.29, 1.82) is 0 Å². The monoisotopic (exact) mass is 252 g/mol. The summed E-state index contributed by atoms with van der Waals surface area (Å²) >= 11 is 0. The van der Waals surface area contributed by atoms with Gasteiger partial charge in [0.2, 0.25) is 0 Å². The number of carbonyl (C=O) groups excluding carboxylic acids is 2. The second-order valence-corrected chi connectivity index (χ2v) is 3.69. The van der Waals surface area contributed by atoms with Crippen molar-refractivity contribution in [3.8, 4) is 0 Å². The van der Waals surface area contributed by atoms with Crippen LogP contribution in [0.25, 0.3) is 0 Å². The molecule has 0 amide bonds. The fourth-order valence-electron chi connectivity index (χ4n) is 1.29. The lowest BCUT2D eigenvalue weighted by Gasteiger charge is -2.24. The summed E-state index contributed by atoms with van der Waals surface area (Å²) < 4.78 is 42.3. The van der Waals surface area contributed by atoms with E-state index in [4.69, 9.17) is 0 Å². The fourth-order valence-corrected chi connectivity index (χ4v) is 1.29. The number of hydrogen-bond donors (Lipinski definition) is 0. The zero-order valence-corrected chi connectivity index (χ0v) is 9.60. The molecular formula is C11H15F3O3. The van der Waals surface area contributed by atoms with Gasteiger partial charge in [0.05, 0.1) is 12.5 Å². The number of halogens is 3. The Bertz CT molecular complexity index is 286. The molecule has 0 radical (unpaired) electrons. The maximum atomic E-state index is 12.6. The lowest BCUT2D eigenvalue weighted by Crippen LogP contribution is -2.31. The van der Waals surface area contributed by atoms with Gasteiger partial charge in [-0.2, -0.15) is 0 Å². The second-order valence-electron chi connectivity index (χ2n) is 3.69. The maximum absolute atomic E-state index is 12.6. The van der Waals surface area contributed by atoms with Crippen LogP contribution in [-0.2, 0) is 14.3 Å². The molecule has 0 atom stereocenters. The van der Waals surface area contributed by atoms with Crippen molar-refractivity contribution < 1.29 is 27.5 Å². The minimum atomic E-state index is -2.03. The molecule has 6 heteroatoms. The van der Waals surface area contributed by atoms with E-state index in [0.717, 1.165) is 0 Å². The Labute approximate surface area is 97.6 Å². The van der Waals surface area contributed by atoms with Crippen LogP contribution in [0, 0.1) is 5.41 Å². The first-order chi connectivity index (χ1) is 8.10. The highest BCUT2D eigenvalue weighted by atomic mass is 19.1. The minimum absolute atomic E-state index is 0.00260. The van der Waals surface area contributed by atoms with Crippen molar-refractivity contribution in [2.45, 2.75) is 19.3 Å². The Balaban J connectivity index is 4.53. The van der Waals surface area contributed by atoms with E-state index in [1.807, 2.05) is 0 Å². The molecule has 0 aliphatic rings. The Morgan fingerprint density at radius 2 is 1.71 bits per heavy atom. The first-order valence-corrected chi connectivity index (χ1v) is 5.09. The molecule has 0 aliphatic heterocycles. The first-order valence-electron chi connectivity index (χ1n) is 5.09. The third-order valence-electron chi connectivity index (χ3n) is 2.57. The molecule has 17 heavy (non-hydrogen) atoms. The summed E-state index contributed by atoms with van der Waals surface area (Å²) in [4.78, 5) is 21.4. The van der Waals surface area contributed by atoms with E-state index >= 15 is 0 Å². The normalized spacial score (nSPS) is 10.8. The number of hydrogen-bond acceptors (Lipinski definition) is 3. The summed E-state index contributed by atoms with van der Waals surface area (Å²) in [5.74, 6) is 0.884. The van der Waals surface area contributed by atoms with Crippen molar-refractivity contribution in [1.82, 2.24) is 0 Å². The Morgan fingerprint density at radius 3 is 2.06 bits per heavy atom. The van der Waals surface area contributed by atoms with Gasteiger partial charge in [0.1, 0.15) is 26.0 Å². The van der Waals surface area contributed by atoms with Gasteiger partial charge in [0.15, 0.2) is 0 Å². The van der Waals surface area contributed by atoms with Crippen LogP contribution in [0.2, 0.25) is 0 Å². The average Bonchev–Trinajstić information content (AvgIpc) is 2.38. The molecule has 0 aromatic carbocycles. The maximum Gasteiger partial charge on any atom is 0.305 e. The van der Waals surface area contributed by atoms with Crippen LogP contribution in [0.5, 0.6) is 0 Å². The molecule has 0 saturated carbocycles. The van der Waals surface area contributed by atoms with Gasteiger partial charge in [0.25, 0.3) is 0 Å². The number of esters is 1. The van der Waals surface area contributed by atoms with Crippen LogP contribution in [-0.4, -0.2) is 39.0 Å². The molecule has 0 heterocycles. The standard InChI is InChI=1S/C11H15F3O3/c1-17-10(16)4-2-3-9(5-15)11(6-12,7-13)8-14/h2-4,6-8H2,1H3. The van der Waals surface area contributed by atoms with Crippen LogP contribution in [0.15, 0.2) is 5.57 Å². The van der Waals surface area contributed by atoms with Crippen LogP contribution < -0.4 is 0 Å². The highest BCUT2D eigenvalue weighted by molar-refractivity contribution is 5.69. The molecule has 0 unspecified atom stereocenters. The number of carbonyl (C=O) groups is 1. The highest BCUT2D eigenvalue weighted by Gasteiger charge is 2.36. The lowest BCUT2D eigenvalue weighted by atomic mass is 9.82. The van der Waals surface area contributed by atoms with Crippen LogP contribution in [0.1, 0.15) is 19.3 Å². The largest absolute Gasteiger partial charge is 0.469 e. The zero-order valence-electron chi connectivity index (χ0n) is 9.60. The number of allylic oxidation sites excluding steroid dienone is 1. The van der Waals surface area contributed by atoms with Gasteiger partial charge in [-0.05, 0) is 12.8 Å². The predicted molar refractivity (Wildman–Crippen MR) is 55.4 cm³/mol. The molecule has 3 nitrogen and oxygen atoms in total. The van der Waals surface area contributed by atoms with Crippen molar-refractivity contribution in [2.24, 2.45) is 5.41 Å². The predicted octanol–water partition coefficient (Wildman–Crippen LogP) is 1.98. The van der Waals surface area contributed by atoms with E-state index in [0.29, 0.717) is 0 Å². The zero-order chi connectivity index (χ0) is 13.3. The molecule has 0 fully saturated rings. The lowest BCUT2D eigenvalue weighted by molar-refractivity contribution is -0.140. The van der Waals surface area contributed by atoms with Crippen molar-refractivity contribution in [2.75, 3.05) is 27.1 Å². The third-order valence-corrected chi connectivity index (χ3v) is 2.57. The van der Waals surface area contributed by atoms with Gasteiger partial charge in [-0.3, -0.25) is 4.79 Å². The second kappa shape index (κ2) is 7.90. The quantitative estimate of drug-likeness (QED) is 0.490. The van der Waals surface area contributed by atoms with E-state index in [1.54, 1.807) is 0 Å². The third kappa shape index (κ3) is 4.23. The van der Waals surface area contributed by atoms with Gasteiger partial charge in [-0.1, -0.05) is 0 Å². The van der Waals surface area contributed by atoms with E-state index in [2.05, 4.69) is 4.74 Å². The molecule has 0 aromatic rings. The van der Waals surface area contributed by atoms with Crippen molar-refractivity contribution >= 4 is 11.9 Å². The van der Waals surface area contributed by atoms with Gasteiger partial charge in [0, 0.05) is 12.0 Å². The van der Waals surface area contributed by atoms with Crippen LogP contribution >= 0.6 is 0 Å². The number of rotatable bonds is 8.